The Morgan fingerprint density at radius 1 is 0.493 bits per heavy atom. The zero-order chi connectivity index (χ0) is 45.8. The van der Waals surface area contributed by atoms with Crippen LogP contribution in [0.1, 0.15) is 50.7 Å². The molecular weight excluding hydrogens is 858 g/mol. The van der Waals surface area contributed by atoms with Gasteiger partial charge < -0.3 is 19.1 Å². The minimum absolute atomic E-state index is 0.0199. The van der Waals surface area contributed by atoms with Gasteiger partial charge in [-0.05, 0) is 138 Å². The van der Waals surface area contributed by atoms with Crippen LogP contribution in [0.3, 0.4) is 0 Å². The van der Waals surface area contributed by atoms with Gasteiger partial charge in [0.15, 0.2) is 0 Å². The van der Waals surface area contributed by atoms with E-state index < -0.39 is 0 Å². The number of nitrogens with zero attached hydrogens (tertiary/aromatic N) is 3. The highest BCUT2D eigenvalue weighted by molar-refractivity contribution is 7.26. The van der Waals surface area contributed by atoms with Gasteiger partial charge in [-0.1, -0.05) is 135 Å². The van der Waals surface area contributed by atoms with Crippen molar-refractivity contribution in [1.82, 2.24) is 0 Å². The van der Waals surface area contributed by atoms with Gasteiger partial charge in [0.05, 0.1) is 15.9 Å². The second-order valence-electron chi connectivity index (χ2n) is 20.4. The smallest absolute Gasteiger partial charge is 0.252 e. The largest absolute Gasteiger partial charge is 0.456 e. The Labute approximate surface area is 406 Å². The van der Waals surface area contributed by atoms with Crippen LogP contribution in [0.5, 0.6) is 0 Å². The van der Waals surface area contributed by atoms with Crippen LogP contribution in [-0.2, 0) is 5.41 Å². The molecule has 11 aromatic rings. The molecule has 2 unspecified atom stereocenters. The van der Waals surface area contributed by atoms with Gasteiger partial charge in [0.2, 0.25) is 0 Å². The number of hydrogen-bond donors (Lipinski definition) is 0. The maximum atomic E-state index is 6.43. The molecular formula is C63H48BN3OS. The van der Waals surface area contributed by atoms with Gasteiger partial charge >= 0.3 is 0 Å². The minimum atomic E-state index is -0.0665. The molecule has 4 aliphatic rings. The number of benzene rings is 9. The van der Waals surface area contributed by atoms with Gasteiger partial charge in [0, 0.05) is 71.5 Å². The number of para-hydroxylation sites is 2. The number of furan rings is 1. The highest BCUT2D eigenvalue weighted by Gasteiger charge is 2.57. The summed E-state index contributed by atoms with van der Waals surface area (Å²) >= 11 is 1.91. The fourth-order valence-corrected chi connectivity index (χ4v) is 14.7. The van der Waals surface area contributed by atoms with Crippen molar-refractivity contribution in [2.24, 2.45) is 0 Å². The highest BCUT2D eigenvalue weighted by Crippen LogP contribution is 2.61. The molecule has 0 bridgehead atoms. The summed E-state index contributed by atoms with van der Waals surface area (Å²) in [6.07, 6.45) is 4.85. The summed E-state index contributed by atoms with van der Waals surface area (Å²) < 4.78 is 9.05. The molecule has 69 heavy (non-hydrogen) atoms. The summed E-state index contributed by atoms with van der Waals surface area (Å²) in [6.45, 7) is 7.35. The van der Waals surface area contributed by atoms with Crippen molar-refractivity contribution < 1.29 is 4.42 Å². The lowest BCUT2D eigenvalue weighted by atomic mass is 9.33. The lowest BCUT2D eigenvalue weighted by Gasteiger charge is -2.50. The first-order valence-electron chi connectivity index (χ1n) is 24.7. The van der Waals surface area contributed by atoms with Crippen LogP contribution in [0.4, 0.5) is 45.5 Å². The van der Waals surface area contributed by atoms with Gasteiger partial charge in [0.1, 0.15) is 11.2 Å². The van der Waals surface area contributed by atoms with Crippen LogP contribution < -0.4 is 31.1 Å². The van der Waals surface area contributed by atoms with Crippen molar-refractivity contribution >= 4 is 122 Å². The van der Waals surface area contributed by atoms with Crippen molar-refractivity contribution in [3.63, 3.8) is 0 Å². The third kappa shape index (κ3) is 5.35. The van der Waals surface area contributed by atoms with Gasteiger partial charge in [0.25, 0.3) is 6.71 Å². The van der Waals surface area contributed by atoms with E-state index in [1.807, 2.05) is 11.3 Å². The molecule has 0 N–H and O–H groups in total. The molecule has 330 valence electrons. The monoisotopic (exact) mass is 905 g/mol. The predicted octanol–water partition coefficient (Wildman–Crippen LogP) is 15.8. The van der Waals surface area contributed by atoms with E-state index >= 15 is 0 Å². The molecule has 0 radical (unpaired) electrons. The molecule has 0 spiro atoms. The Bertz CT molecular complexity index is 3970. The third-order valence-corrected chi connectivity index (χ3v) is 18.0. The summed E-state index contributed by atoms with van der Waals surface area (Å²) in [5.41, 5.74) is 20.7. The van der Waals surface area contributed by atoms with E-state index in [1.165, 1.54) is 118 Å². The van der Waals surface area contributed by atoms with Crippen LogP contribution in [0, 0.1) is 6.92 Å². The molecule has 4 nitrogen and oxygen atoms in total. The fraction of sp³-hybridized carbons (Fsp3) is 0.143. The lowest BCUT2D eigenvalue weighted by molar-refractivity contribution is 0.195. The summed E-state index contributed by atoms with van der Waals surface area (Å²) in [4.78, 5) is 7.95. The molecule has 0 saturated heterocycles. The predicted molar refractivity (Wildman–Crippen MR) is 294 cm³/mol. The Morgan fingerprint density at radius 2 is 1.17 bits per heavy atom. The third-order valence-electron chi connectivity index (χ3n) is 16.8. The second kappa shape index (κ2) is 14.3. The second-order valence-corrected chi connectivity index (χ2v) is 21.5. The zero-order valence-electron chi connectivity index (χ0n) is 39.0. The van der Waals surface area contributed by atoms with Crippen molar-refractivity contribution in [2.45, 2.75) is 57.4 Å². The number of rotatable bonds is 4. The Balaban J connectivity index is 1.03. The topological polar surface area (TPSA) is 22.9 Å². The first kappa shape index (κ1) is 39.5. The summed E-state index contributed by atoms with van der Waals surface area (Å²) in [6, 6.07) is 70.8. The van der Waals surface area contributed by atoms with Gasteiger partial charge in [-0.25, -0.2) is 0 Å². The molecule has 1 aliphatic carbocycles. The standard InChI is InChI=1S/C63H48BN3OS/c1-39-34-55-60-56(35-39)66(52-23-15-20-46-45-19-8-12-25-59(45)69-61(46)52)54-38-43(67-51-22-10-9-21-48(51)62(2)32-13-14-33-63(62,67)3)27-30-50(54)64(60)49-29-26-41(40-16-5-4-6-17-40)36-53(49)65(55)42-28-31-58-47(37-42)44-18-7-11-24-57(44)68-58/h4-12,15-31,34-38H,13-14,32-33H2,1-3H3. The normalized spacial score (nSPS) is 19.0. The zero-order valence-corrected chi connectivity index (χ0v) is 39.8. The Hall–Kier alpha value is -7.54. The van der Waals surface area contributed by atoms with Crippen LogP contribution in [-0.4, -0.2) is 12.3 Å². The van der Waals surface area contributed by atoms with E-state index in [9.17, 15) is 0 Å². The Morgan fingerprint density at radius 3 is 2.06 bits per heavy atom. The molecule has 9 aromatic carbocycles. The SMILES string of the molecule is Cc1cc2c3c(c1)N(c1cccc4c1sc1ccccc14)c1cc(N4c5ccccc5C5(C)CCCCC45C)ccc1B3c1ccc(-c3ccccc3)cc1N2c1ccc2oc3ccccc3c2c1. The number of anilines is 8. The van der Waals surface area contributed by atoms with Crippen LogP contribution in [0.2, 0.25) is 0 Å². The van der Waals surface area contributed by atoms with Gasteiger partial charge in [-0.3, -0.25) is 0 Å². The number of fused-ring (bicyclic) bond motifs is 13. The highest BCUT2D eigenvalue weighted by atomic mass is 32.1. The molecule has 1 fully saturated rings. The van der Waals surface area contributed by atoms with Gasteiger partial charge in [-0.2, -0.15) is 0 Å². The van der Waals surface area contributed by atoms with Gasteiger partial charge in [-0.15, -0.1) is 11.3 Å². The molecule has 6 heteroatoms. The van der Waals surface area contributed by atoms with Crippen molar-refractivity contribution in [1.29, 1.82) is 0 Å². The van der Waals surface area contributed by atoms with Crippen molar-refractivity contribution in [3.8, 4) is 11.1 Å². The maximum absolute atomic E-state index is 6.43. The molecule has 1 saturated carbocycles. The minimum Gasteiger partial charge on any atom is -0.456 e. The molecule has 2 atom stereocenters. The number of thiophene rings is 1. The maximum Gasteiger partial charge on any atom is 0.252 e. The molecule has 15 rings (SSSR count). The van der Waals surface area contributed by atoms with Crippen LogP contribution in [0.15, 0.2) is 192 Å². The summed E-state index contributed by atoms with van der Waals surface area (Å²) in [5.74, 6) is 0. The molecule has 2 aromatic heterocycles. The summed E-state index contributed by atoms with van der Waals surface area (Å²) in [7, 11) is 0. The average molecular weight is 906 g/mol. The summed E-state index contributed by atoms with van der Waals surface area (Å²) in [5, 5.41) is 4.86. The van der Waals surface area contributed by atoms with Crippen LogP contribution in [0.25, 0.3) is 53.2 Å². The lowest BCUT2D eigenvalue weighted by Crippen LogP contribution is -2.61. The van der Waals surface area contributed by atoms with E-state index in [0.717, 1.165) is 34.0 Å². The first-order chi connectivity index (χ1) is 33.9. The molecule has 0 amide bonds. The fourth-order valence-electron chi connectivity index (χ4n) is 13.5. The quantitative estimate of drug-likeness (QED) is 0.164. The van der Waals surface area contributed by atoms with Crippen LogP contribution >= 0.6 is 11.3 Å². The molecule has 5 heterocycles. The molecule has 3 aliphatic heterocycles. The first-order valence-corrected chi connectivity index (χ1v) is 25.5. The van der Waals surface area contributed by atoms with Crippen molar-refractivity contribution in [2.75, 3.05) is 14.7 Å². The Kier molecular flexibility index (Phi) is 8.15. The van der Waals surface area contributed by atoms with E-state index in [-0.39, 0.29) is 17.7 Å². The van der Waals surface area contributed by atoms with Crippen molar-refractivity contribution in [3.05, 3.63) is 199 Å². The van der Waals surface area contributed by atoms with E-state index in [1.54, 1.807) is 0 Å². The van der Waals surface area contributed by atoms with E-state index in [2.05, 4.69) is 224 Å². The number of hydrogen-bond acceptors (Lipinski definition) is 5. The average Bonchev–Trinajstić information content (AvgIpc) is 4.02. The van der Waals surface area contributed by atoms with E-state index in [4.69, 9.17) is 4.42 Å². The van der Waals surface area contributed by atoms with E-state index in [0.29, 0.717) is 0 Å². The number of aryl methyl sites for hydroxylation is 1.